The third-order valence-electron chi connectivity index (χ3n) is 3.86. The Morgan fingerprint density at radius 3 is 2.50 bits per heavy atom. The van der Waals surface area contributed by atoms with E-state index in [-0.39, 0.29) is 18.1 Å². The summed E-state index contributed by atoms with van der Waals surface area (Å²) in [5.74, 6) is 2.25. The predicted octanol–water partition coefficient (Wildman–Crippen LogP) is 2.44. The first-order valence-electron chi connectivity index (χ1n) is 7.68. The highest BCUT2D eigenvalue weighted by atomic mass is 16.2. The van der Waals surface area contributed by atoms with E-state index >= 15 is 0 Å². The lowest BCUT2D eigenvalue weighted by atomic mass is 10.2. The number of fused-ring (bicyclic) bond motifs is 1. The highest BCUT2D eigenvalue weighted by molar-refractivity contribution is 5.91. The Bertz CT molecular complexity index is 1010. The molecule has 3 rings (SSSR count). The number of amides is 1. The normalized spacial score (nSPS) is 10.5. The molecule has 3 aromatic rings. The van der Waals surface area contributed by atoms with Crippen LogP contribution in [0.2, 0.25) is 0 Å². The summed E-state index contributed by atoms with van der Waals surface area (Å²) < 4.78 is 3.14. The molecular weight excluding hydrogens is 302 g/mol. The molecule has 0 aliphatic heterocycles. The van der Waals surface area contributed by atoms with Crippen molar-refractivity contribution in [1.29, 1.82) is 0 Å². The van der Waals surface area contributed by atoms with E-state index in [0.717, 1.165) is 11.0 Å². The third-order valence-corrected chi connectivity index (χ3v) is 3.86. The fourth-order valence-electron chi connectivity index (χ4n) is 2.76. The first kappa shape index (κ1) is 15.6. The van der Waals surface area contributed by atoms with Crippen LogP contribution in [0.1, 0.15) is 12.5 Å². The Balaban J connectivity index is 1.90. The summed E-state index contributed by atoms with van der Waals surface area (Å²) in [6.45, 7) is 2.41. The van der Waals surface area contributed by atoms with E-state index in [4.69, 9.17) is 6.42 Å². The van der Waals surface area contributed by atoms with Gasteiger partial charge in [-0.1, -0.05) is 24.1 Å². The molecule has 0 radical (unpaired) electrons. The van der Waals surface area contributed by atoms with Crippen molar-refractivity contribution >= 4 is 22.6 Å². The average molecular weight is 319 g/mol. The SMILES string of the molecule is C#Cc1cccc(NC(=O)Cn2c(=O)n(CC)c3ccccc32)c1. The second-order valence-electron chi connectivity index (χ2n) is 5.38. The molecule has 0 fully saturated rings. The van der Waals surface area contributed by atoms with Crippen molar-refractivity contribution in [3.05, 3.63) is 64.6 Å². The number of anilines is 1. The van der Waals surface area contributed by atoms with Crippen LogP contribution in [0.25, 0.3) is 11.0 Å². The van der Waals surface area contributed by atoms with Crippen LogP contribution >= 0.6 is 0 Å². The van der Waals surface area contributed by atoms with Gasteiger partial charge in [0.1, 0.15) is 6.54 Å². The minimum atomic E-state index is -0.273. The van der Waals surface area contributed by atoms with Crippen molar-refractivity contribution in [1.82, 2.24) is 9.13 Å². The second kappa shape index (κ2) is 6.47. The Morgan fingerprint density at radius 1 is 1.12 bits per heavy atom. The van der Waals surface area contributed by atoms with Gasteiger partial charge >= 0.3 is 5.69 Å². The molecule has 0 spiro atoms. The molecule has 1 N–H and O–H groups in total. The van der Waals surface area contributed by atoms with Crippen LogP contribution in [0.5, 0.6) is 0 Å². The van der Waals surface area contributed by atoms with Crippen LogP contribution in [-0.4, -0.2) is 15.0 Å². The van der Waals surface area contributed by atoms with Gasteiger partial charge in [-0.05, 0) is 37.3 Å². The number of carbonyl (C=O) groups is 1. The molecule has 24 heavy (non-hydrogen) atoms. The number of rotatable bonds is 4. The molecule has 5 heteroatoms. The Kier molecular flexibility index (Phi) is 4.21. The van der Waals surface area contributed by atoms with Crippen LogP contribution in [0, 0.1) is 12.3 Å². The number of para-hydroxylation sites is 2. The maximum atomic E-state index is 12.5. The summed E-state index contributed by atoms with van der Waals surface area (Å²) in [4.78, 5) is 24.9. The first-order chi connectivity index (χ1) is 11.6. The Morgan fingerprint density at radius 2 is 1.83 bits per heavy atom. The zero-order chi connectivity index (χ0) is 17.1. The monoisotopic (exact) mass is 319 g/mol. The van der Waals surface area contributed by atoms with Gasteiger partial charge in [0.2, 0.25) is 5.91 Å². The van der Waals surface area contributed by atoms with E-state index < -0.39 is 0 Å². The topological polar surface area (TPSA) is 56.0 Å². The number of benzene rings is 2. The summed E-state index contributed by atoms with van der Waals surface area (Å²) in [6.07, 6.45) is 5.36. The summed E-state index contributed by atoms with van der Waals surface area (Å²) in [7, 11) is 0. The highest BCUT2D eigenvalue weighted by Crippen LogP contribution is 2.14. The lowest BCUT2D eigenvalue weighted by Crippen LogP contribution is -2.29. The van der Waals surface area contributed by atoms with Gasteiger partial charge in [0.05, 0.1) is 11.0 Å². The lowest BCUT2D eigenvalue weighted by molar-refractivity contribution is -0.116. The zero-order valence-corrected chi connectivity index (χ0v) is 13.3. The minimum Gasteiger partial charge on any atom is -0.324 e. The number of terminal acetylenes is 1. The molecule has 2 aromatic carbocycles. The first-order valence-corrected chi connectivity index (χ1v) is 7.68. The second-order valence-corrected chi connectivity index (χ2v) is 5.38. The van der Waals surface area contributed by atoms with E-state index in [1.54, 1.807) is 28.8 Å². The van der Waals surface area contributed by atoms with Crippen molar-refractivity contribution in [3.63, 3.8) is 0 Å². The molecule has 0 saturated carbocycles. The van der Waals surface area contributed by atoms with Gasteiger partial charge in [-0.2, -0.15) is 0 Å². The molecule has 1 aromatic heterocycles. The van der Waals surface area contributed by atoms with Crippen molar-refractivity contribution in [3.8, 4) is 12.3 Å². The van der Waals surface area contributed by atoms with Gasteiger partial charge in [-0.3, -0.25) is 13.9 Å². The third kappa shape index (κ3) is 2.82. The standard InChI is InChI=1S/C19H17N3O2/c1-3-14-8-7-9-15(12-14)20-18(23)13-22-17-11-6-5-10-16(17)21(4-2)19(22)24/h1,5-12H,4,13H2,2H3,(H,20,23). The number of hydrogen-bond acceptors (Lipinski definition) is 2. The van der Waals surface area contributed by atoms with Crippen molar-refractivity contribution in [2.45, 2.75) is 20.0 Å². The molecule has 0 atom stereocenters. The molecule has 1 heterocycles. The Hall–Kier alpha value is -3.26. The number of nitrogens with zero attached hydrogens (tertiary/aromatic N) is 2. The minimum absolute atomic E-state index is 0.0490. The number of aromatic nitrogens is 2. The molecule has 0 bridgehead atoms. The summed E-state index contributed by atoms with van der Waals surface area (Å²) in [6, 6.07) is 14.5. The van der Waals surface area contributed by atoms with E-state index in [9.17, 15) is 9.59 Å². The molecule has 0 aliphatic rings. The van der Waals surface area contributed by atoms with Crippen molar-refractivity contribution in [2.24, 2.45) is 0 Å². The van der Waals surface area contributed by atoms with Gasteiger partial charge in [0.25, 0.3) is 0 Å². The van der Waals surface area contributed by atoms with Gasteiger partial charge in [-0.15, -0.1) is 6.42 Å². The molecule has 1 amide bonds. The molecule has 5 nitrogen and oxygen atoms in total. The van der Waals surface area contributed by atoms with Crippen LogP contribution in [0.4, 0.5) is 5.69 Å². The fourth-order valence-corrected chi connectivity index (χ4v) is 2.76. The van der Waals surface area contributed by atoms with Crippen LogP contribution in [-0.2, 0) is 17.9 Å². The quantitative estimate of drug-likeness (QED) is 0.751. The van der Waals surface area contributed by atoms with Crippen molar-refractivity contribution in [2.75, 3.05) is 5.32 Å². The van der Waals surface area contributed by atoms with E-state index in [1.807, 2.05) is 31.2 Å². The van der Waals surface area contributed by atoms with E-state index in [0.29, 0.717) is 17.8 Å². The van der Waals surface area contributed by atoms with Gasteiger partial charge in [0, 0.05) is 17.8 Å². The van der Waals surface area contributed by atoms with Crippen molar-refractivity contribution < 1.29 is 4.79 Å². The number of nitrogens with one attached hydrogen (secondary N) is 1. The zero-order valence-electron chi connectivity index (χ0n) is 13.3. The number of imidazole rings is 1. The van der Waals surface area contributed by atoms with Gasteiger partial charge in [-0.25, -0.2) is 4.79 Å². The summed E-state index contributed by atoms with van der Waals surface area (Å²) in [5.41, 5.74) is 2.69. The van der Waals surface area contributed by atoms with Crippen LogP contribution in [0.3, 0.4) is 0 Å². The van der Waals surface area contributed by atoms with Gasteiger partial charge < -0.3 is 5.32 Å². The predicted molar refractivity (Wildman–Crippen MR) is 94.9 cm³/mol. The summed E-state index contributed by atoms with van der Waals surface area (Å²) >= 11 is 0. The number of aryl methyl sites for hydroxylation is 1. The maximum Gasteiger partial charge on any atom is 0.329 e. The van der Waals surface area contributed by atoms with E-state index in [2.05, 4.69) is 11.2 Å². The summed E-state index contributed by atoms with van der Waals surface area (Å²) in [5, 5.41) is 2.78. The number of hydrogen-bond donors (Lipinski definition) is 1. The number of carbonyl (C=O) groups excluding carboxylic acids is 1. The molecule has 120 valence electrons. The van der Waals surface area contributed by atoms with Crippen LogP contribution in [0.15, 0.2) is 53.3 Å². The van der Waals surface area contributed by atoms with E-state index in [1.165, 1.54) is 4.57 Å². The molecular formula is C19H17N3O2. The highest BCUT2D eigenvalue weighted by Gasteiger charge is 2.14. The maximum absolute atomic E-state index is 12.5. The van der Waals surface area contributed by atoms with Gasteiger partial charge in [0.15, 0.2) is 0 Å². The molecule has 0 unspecified atom stereocenters. The lowest BCUT2D eigenvalue weighted by Gasteiger charge is -2.06. The fraction of sp³-hybridized carbons (Fsp3) is 0.158. The Labute approximate surface area is 139 Å². The smallest absolute Gasteiger partial charge is 0.324 e. The van der Waals surface area contributed by atoms with Crippen LogP contribution < -0.4 is 11.0 Å². The molecule has 0 saturated heterocycles. The molecule has 0 aliphatic carbocycles. The average Bonchev–Trinajstić information content (AvgIpc) is 2.86. The largest absolute Gasteiger partial charge is 0.329 e.